The number of amidine groups is 1. The van der Waals surface area contributed by atoms with Gasteiger partial charge in [-0.3, -0.25) is 4.99 Å². The molecule has 0 bridgehead atoms. The molecule has 2 N–H and O–H groups in total. The van der Waals surface area contributed by atoms with E-state index in [2.05, 4.69) is 28.8 Å². The van der Waals surface area contributed by atoms with Crippen molar-refractivity contribution in [1.29, 1.82) is 0 Å². The molecular formula is C27H32F4N4S2. The van der Waals surface area contributed by atoms with E-state index in [0.29, 0.717) is 34.5 Å². The van der Waals surface area contributed by atoms with E-state index in [1.165, 1.54) is 23.9 Å². The highest BCUT2D eigenvalue weighted by Gasteiger charge is 2.31. The summed E-state index contributed by atoms with van der Waals surface area (Å²) in [6.07, 6.45) is -2.50. The van der Waals surface area contributed by atoms with Crippen LogP contribution < -0.4 is 5.73 Å². The maximum atomic E-state index is 15.9. The Labute approximate surface area is 223 Å². The Bertz CT molecular complexity index is 1260. The van der Waals surface area contributed by atoms with Crippen LogP contribution in [-0.4, -0.2) is 21.7 Å². The molecule has 1 aromatic carbocycles. The van der Waals surface area contributed by atoms with Crippen LogP contribution in [0, 0.1) is 5.82 Å². The third kappa shape index (κ3) is 7.10. The number of pyridine rings is 1. The summed E-state index contributed by atoms with van der Waals surface area (Å²) >= 11 is 3.16. The van der Waals surface area contributed by atoms with Crippen LogP contribution in [0.1, 0.15) is 86.7 Å². The predicted molar refractivity (Wildman–Crippen MR) is 145 cm³/mol. The van der Waals surface area contributed by atoms with Gasteiger partial charge in [-0.2, -0.15) is 13.2 Å². The number of aromatic nitrogens is 2. The zero-order valence-corrected chi connectivity index (χ0v) is 23.4. The number of benzene rings is 1. The molecule has 2 heterocycles. The molecule has 3 rings (SSSR count). The van der Waals surface area contributed by atoms with Crippen molar-refractivity contribution in [3.05, 3.63) is 63.7 Å². The highest BCUT2D eigenvalue weighted by molar-refractivity contribution is 8.01. The Hall–Kier alpha value is -2.46. The summed E-state index contributed by atoms with van der Waals surface area (Å²) in [6.45, 7) is 11.7. The van der Waals surface area contributed by atoms with Crippen LogP contribution in [0.5, 0.6) is 0 Å². The third-order valence-electron chi connectivity index (χ3n) is 5.73. The van der Waals surface area contributed by atoms with Gasteiger partial charge in [0, 0.05) is 23.6 Å². The van der Waals surface area contributed by atoms with Gasteiger partial charge in [0.1, 0.15) is 5.69 Å². The topological polar surface area (TPSA) is 64.2 Å². The molecule has 4 nitrogen and oxygen atoms in total. The molecule has 0 saturated heterocycles. The minimum Gasteiger partial charge on any atom is -0.387 e. The maximum Gasteiger partial charge on any atom is 0.416 e. The Morgan fingerprint density at radius 1 is 1.08 bits per heavy atom. The normalized spacial score (nSPS) is 12.8. The second kappa shape index (κ2) is 11.9. The molecule has 0 unspecified atom stereocenters. The highest BCUT2D eigenvalue weighted by Crippen LogP contribution is 2.37. The van der Waals surface area contributed by atoms with Crippen molar-refractivity contribution in [2.75, 3.05) is 5.88 Å². The van der Waals surface area contributed by atoms with E-state index in [-0.39, 0.29) is 29.5 Å². The number of hydrogen-bond donors (Lipinski definition) is 1. The number of nitrogens with zero attached hydrogens (tertiary/aromatic N) is 3. The molecule has 37 heavy (non-hydrogen) atoms. The molecule has 0 saturated carbocycles. The second-order valence-electron chi connectivity index (χ2n) is 9.71. The fourth-order valence-corrected chi connectivity index (χ4v) is 5.74. The van der Waals surface area contributed by atoms with Crippen LogP contribution >= 0.6 is 23.1 Å². The van der Waals surface area contributed by atoms with Crippen molar-refractivity contribution in [3.8, 4) is 11.3 Å². The lowest BCUT2D eigenvalue weighted by Gasteiger charge is -2.22. The van der Waals surface area contributed by atoms with E-state index >= 15 is 4.39 Å². The lowest BCUT2D eigenvalue weighted by Crippen LogP contribution is -2.20. The number of thioether (sulfide) groups is 1. The number of alkyl halides is 3. The molecule has 0 spiro atoms. The SMILES string of the molecule is CC(C)c1ncc(SCN=C(N)Cc2c(C(C)C)nc(-c3cccc(C(F)(F)F)c3)c(F)c2C(C)C)s1. The number of nitrogens with two attached hydrogens (primary N) is 1. The van der Waals surface area contributed by atoms with Gasteiger partial charge in [0.25, 0.3) is 0 Å². The molecule has 0 radical (unpaired) electrons. The average Bonchev–Trinajstić information content (AvgIpc) is 3.27. The first kappa shape index (κ1) is 29.1. The van der Waals surface area contributed by atoms with Gasteiger partial charge in [-0.15, -0.1) is 11.3 Å². The first-order valence-corrected chi connectivity index (χ1v) is 13.9. The Morgan fingerprint density at radius 2 is 1.78 bits per heavy atom. The van der Waals surface area contributed by atoms with Gasteiger partial charge in [-0.1, -0.05) is 65.4 Å². The molecule has 3 aromatic rings. The van der Waals surface area contributed by atoms with E-state index in [0.717, 1.165) is 21.3 Å². The third-order valence-corrected chi connectivity index (χ3v) is 8.07. The van der Waals surface area contributed by atoms with Gasteiger partial charge in [0.15, 0.2) is 5.82 Å². The fraction of sp³-hybridized carbons (Fsp3) is 0.444. The lowest BCUT2D eigenvalue weighted by atomic mass is 9.88. The zero-order chi connectivity index (χ0) is 27.5. The summed E-state index contributed by atoms with van der Waals surface area (Å²) in [5.74, 6) is 0.135. The summed E-state index contributed by atoms with van der Waals surface area (Å²) in [5, 5.41) is 1.06. The van der Waals surface area contributed by atoms with Crippen LogP contribution in [0.4, 0.5) is 17.6 Å². The first-order chi connectivity index (χ1) is 17.3. The first-order valence-electron chi connectivity index (χ1n) is 12.1. The molecular weight excluding hydrogens is 520 g/mol. The quantitative estimate of drug-likeness (QED) is 0.125. The molecule has 2 aromatic heterocycles. The minimum absolute atomic E-state index is 0.0838. The van der Waals surface area contributed by atoms with Crippen molar-refractivity contribution in [2.45, 2.75) is 76.1 Å². The van der Waals surface area contributed by atoms with Crippen molar-refractivity contribution in [1.82, 2.24) is 9.97 Å². The number of thiazole rings is 1. The van der Waals surface area contributed by atoms with E-state index in [4.69, 9.17) is 5.73 Å². The summed E-state index contributed by atoms with van der Waals surface area (Å²) < 4.78 is 56.9. The number of aliphatic imine (C=N–C) groups is 1. The second-order valence-corrected chi connectivity index (χ2v) is 12.0. The fourth-order valence-electron chi connectivity index (χ4n) is 3.96. The number of rotatable bonds is 9. The molecule has 0 atom stereocenters. The molecule has 10 heteroatoms. The van der Waals surface area contributed by atoms with E-state index < -0.39 is 17.6 Å². The zero-order valence-electron chi connectivity index (χ0n) is 21.8. The van der Waals surface area contributed by atoms with Crippen LogP contribution in [-0.2, 0) is 12.6 Å². The predicted octanol–water partition coefficient (Wildman–Crippen LogP) is 8.38. The standard InChI is InChI=1S/C27H32F4N4S2/c1-14(2)22-19(11-20(32)34-13-36-21-12-33-26(37-21)16(5)6)24(15(3)4)35-25(23(22)28)17-8-7-9-18(10-17)27(29,30)31/h7-10,12,14-16H,11,13H2,1-6H3,(H2,32,34). The highest BCUT2D eigenvalue weighted by atomic mass is 32.2. The summed E-state index contributed by atoms with van der Waals surface area (Å²) in [5.41, 5.74) is 7.09. The van der Waals surface area contributed by atoms with E-state index in [1.54, 1.807) is 11.3 Å². The monoisotopic (exact) mass is 552 g/mol. The Balaban J connectivity index is 1.97. The molecule has 0 fully saturated rings. The maximum absolute atomic E-state index is 15.9. The van der Waals surface area contributed by atoms with Gasteiger partial charge >= 0.3 is 6.18 Å². The molecule has 0 aliphatic heterocycles. The van der Waals surface area contributed by atoms with Crippen LogP contribution in [0.2, 0.25) is 0 Å². The molecule has 0 aliphatic rings. The van der Waals surface area contributed by atoms with Crippen LogP contribution in [0.15, 0.2) is 39.7 Å². The van der Waals surface area contributed by atoms with Crippen molar-refractivity contribution in [3.63, 3.8) is 0 Å². The van der Waals surface area contributed by atoms with Gasteiger partial charge in [0.05, 0.1) is 32.7 Å². The Morgan fingerprint density at radius 3 is 2.35 bits per heavy atom. The minimum atomic E-state index is -4.54. The van der Waals surface area contributed by atoms with Crippen LogP contribution in [0.25, 0.3) is 11.3 Å². The van der Waals surface area contributed by atoms with Crippen molar-refractivity contribution < 1.29 is 17.6 Å². The van der Waals surface area contributed by atoms with E-state index in [9.17, 15) is 13.2 Å². The summed E-state index contributed by atoms with van der Waals surface area (Å²) in [6, 6.07) is 4.63. The van der Waals surface area contributed by atoms with Gasteiger partial charge in [-0.25, -0.2) is 14.4 Å². The number of halogens is 4. The molecule has 0 amide bonds. The van der Waals surface area contributed by atoms with Gasteiger partial charge < -0.3 is 5.73 Å². The van der Waals surface area contributed by atoms with Crippen molar-refractivity contribution in [2.24, 2.45) is 10.7 Å². The molecule has 200 valence electrons. The van der Waals surface area contributed by atoms with E-state index in [1.807, 2.05) is 33.9 Å². The van der Waals surface area contributed by atoms with Crippen molar-refractivity contribution >= 4 is 28.9 Å². The lowest BCUT2D eigenvalue weighted by molar-refractivity contribution is -0.137. The summed E-state index contributed by atoms with van der Waals surface area (Å²) in [7, 11) is 0. The Kier molecular flexibility index (Phi) is 9.39. The smallest absolute Gasteiger partial charge is 0.387 e. The largest absolute Gasteiger partial charge is 0.416 e. The van der Waals surface area contributed by atoms with Gasteiger partial charge in [-0.05, 0) is 35.1 Å². The van der Waals surface area contributed by atoms with Crippen LogP contribution in [0.3, 0.4) is 0 Å². The summed E-state index contributed by atoms with van der Waals surface area (Å²) in [4.78, 5) is 13.4. The van der Waals surface area contributed by atoms with Gasteiger partial charge in [0.2, 0.25) is 0 Å². The number of hydrogen-bond acceptors (Lipinski definition) is 5. The molecule has 0 aliphatic carbocycles. The average molecular weight is 553 g/mol.